The minimum Gasteiger partial charge on any atom is -0.384 e. The number of carbonyl (C=O) groups excluding carboxylic acids is 2. The molecule has 8 nitrogen and oxygen atoms in total. The van der Waals surface area contributed by atoms with Gasteiger partial charge in [0.05, 0.1) is 5.57 Å². The van der Waals surface area contributed by atoms with Crippen LogP contribution >= 0.6 is 23.1 Å². The van der Waals surface area contributed by atoms with Crippen molar-refractivity contribution in [3.63, 3.8) is 0 Å². The Kier molecular flexibility index (Phi) is 5.39. The summed E-state index contributed by atoms with van der Waals surface area (Å²) in [5, 5.41) is 22.4. The molecule has 0 saturated carbocycles. The Labute approximate surface area is 215 Å². The number of thioether (sulfide) groups is 1. The van der Waals surface area contributed by atoms with Gasteiger partial charge in [0.1, 0.15) is 17.3 Å². The number of benzene rings is 2. The number of ketones is 1. The van der Waals surface area contributed by atoms with E-state index in [1.807, 2.05) is 30.3 Å². The number of hydrogen-bond acceptors (Lipinski definition) is 9. The van der Waals surface area contributed by atoms with Crippen LogP contribution in [0.15, 0.2) is 81.6 Å². The molecule has 2 aromatic carbocycles. The highest BCUT2D eigenvalue weighted by molar-refractivity contribution is 8.00. The molecule has 1 atom stereocenters. The van der Waals surface area contributed by atoms with Crippen LogP contribution in [0.2, 0.25) is 0 Å². The fourth-order valence-electron chi connectivity index (χ4n) is 5.23. The molecule has 10 heteroatoms. The van der Waals surface area contributed by atoms with Crippen LogP contribution in [0.1, 0.15) is 30.4 Å². The molecule has 0 unspecified atom stereocenters. The maximum atomic E-state index is 13.6. The second-order valence-electron chi connectivity index (χ2n) is 8.68. The lowest BCUT2D eigenvalue weighted by atomic mass is 9.64. The molecule has 6 rings (SSSR count). The van der Waals surface area contributed by atoms with Gasteiger partial charge in [-0.2, -0.15) is 5.26 Å². The van der Waals surface area contributed by atoms with E-state index in [0.717, 1.165) is 10.1 Å². The molecular weight excluding hydrogens is 492 g/mol. The Morgan fingerprint density at radius 1 is 1.11 bits per heavy atom. The number of fused-ring (bicyclic) bond motifs is 3. The largest absolute Gasteiger partial charge is 0.384 e. The van der Waals surface area contributed by atoms with Gasteiger partial charge >= 0.3 is 0 Å². The summed E-state index contributed by atoms with van der Waals surface area (Å²) in [7, 11) is 0. The Balaban J connectivity index is 1.48. The highest BCUT2D eigenvalue weighted by Gasteiger charge is 2.60. The van der Waals surface area contributed by atoms with Crippen LogP contribution in [0.3, 0.4) is 0 Å². The van der Waals surface area contributed by atoms with Crippen molar-refractivity contribution < 1.29 is 9.59 Å². The van der Waals surface area contributed by atoms with Crippen LogP contribution in [-0.4, -0.2) is 21.9 Å². The van der Waals surface area contributed by atoms with Crippen LogP contribution in [0.4, 0.5) is 10.8 Å². The Hall–Kier alpha value is -3.94. The molecule has 3 aromatic rings. The van der Waals surface area contributed by atoms with E-state index in [-0.39, 0.29) is 17.2 Å². The number of Topliss-reactive ketones (excluding diaryl/α,β-unsaturated/α-hetero) is 1. The summed E-state index contributed by atoms with van der Waals surface area (Å²) >= 11 is 2.90. The van der Waals surface area contributed by atoms with Gasteiger partial charge in [-0.05, 0) is 24.5 Å². The van der Waals surface area contributed by atoms with Crippen LogP contribution in [0, 0.1) is 11.3 Å². The van der Waals surface area contributed by atoms with Crippen molar-refractivity contribution in [3.05, 3.63) is 88.4 Å². The molecule has 1 amide bonds. The molecule has 3 aliphatic rings. The van der Waals surface area contributed by atoms with E-state index in [1.165, 1.54) is 16.9 Å². The minimum absolute atomic E-state index is 0.0349. The van der Waals surface area contributed by atoms with Crippen molar-refractivity contribution in [1.82, 2.24) is 10.2 Å². The average Bonchev–Trinajstić information content (AvgIpc) is 3.47. The van der Waals surface area contributed by atoms with E-state index in [9.17, 15) is 14.9 Å². The molecule has 1 aliphatic carbocycles. The standard InChI is InChI=1S/C26H20N6O2S2/c27-13-17-22(28)32(24-30-31-25(36-24)35-14-15-7-2-1-3-8-15)19-11-6-12-20(33)21(19)26(17)16-9-4-5-10-18(16)29-23(26)34/h1-5,7-10H,6,11-12,14,28H2,(H,29,34)/t26-/m0/s1. The Morgan fingerprint density at radius 3 is 2.69 bits per heavy atom. The van der Waals surface area contributed by atoms with E-state index in [2.05, 4.69) is 21.6 Å². The third kappa shape index (κ3) is 3.20. The number of aromatic nitrogens is 2. The van der Waals surface area contributed by atoms with Crippen LogP contribution < -0.4 is 16.0 Å². The van der Waals surface area contributed by atoms with E-state index in [0.29, 0.717) is 46.9 Å². The molecule has 36 heavy (non-hydrogen) atoms. The maximum Gasteiger partial charge on any atom is 0.245 e. The second-order valence-corrected chi connectivity index (χ2v) is 10.9. The fourth-order valence-corrected chi connectivity index (χ4v) is 7.07. The van der Waals surface area contributed by atoms with Crippen LogP contribution in [0.5, 0.6) is 0 Å². The van der Waals surface area contributed by atoms with Gasteiger partial charge in [-0.25, -0.2) is 0 Å². The van der Waals surface area contributed by atoms with Crippen molar-refractivity contribution in [1.29, 1.82) is 5.26 Å². The number of allylic oxidation sites excluding steroid dienone is 1. The number of nitrogens with one attached hydrogen (secondary N) is 1. The van der Waals surface area contributed by atoms with Crippen LogP contribution in [0.25, 0.3) is 0 Å². The second kappa shape index (κ2) is 8.62. The van der Waals surface area contributed by atoms with Gasteiger partial charge in [0.2, 0.25) is 11.0 Å². The quantitative estimate of drug-likeness (QED) is 0.497. The molecular formula is C26H20N6O2S2. The van der Waals surface area contributed by atoms with Gasteiger partial charge in [0.25, 0.3) is 0 Å². The molecule has 1 spiro atoms. The summed E-state index contributed by atoms with van der Waals surface area (Å²) in [6.07, 6.45) is 1.46. The van der Waals surface area contributed by atoms with Crippen molar-refractivity contribution in [2.24, 2.45) is 5.73 Å². The molecule has 3 heterocycles. The first-order chi connectivity index (χ1) is 17.6. The first-order valence-electron chi connectivity index (χ1n) is 11.4. The summed E-state index contributed by atoms with van der Waals surface area (Å²) in [6, 6.07) is 19.4. The van der Waals surface area contributed by atoms with Gasteiger partial charge < -0.3 is 11.1 Å². The number of anilines is 2. The van der Waals surface area contributed by atoms with E-state index in [1.54, 1.807) is 40.9 Å². The highest BCUT2D eigenvalue weighted by Crippen LogP contribution is 2.55. The molecule has 3 N–H and O–H groups in total. The zero-order chi connectivity index (χ0) is 24.9. The number of nitrogens with zero attached hydrogens (tertiary/aromatic N) is 4. The molecule has 178 valence electrons. The number of nitriles is 1. The fraction of sp³-hybridized carbons (Fsp3) is 0.192. The first-order valence-corrected chi connectivity index (χ1v) is 13.2. The third-order valence-corrected chi connectivity index (χ3v) is 8.84. The zero-order valence-corrected chi connectivity index (χ0v) is 20.7. The molecule has 0 bridgehead atoms. The van der Waals surface area contributed by atoms with Crippen molar-refractivity contribution in [2.45, 2.75) is 34.8 Å². The first kappa shape index (κ1) is 22.5. The van der Waals surface area contributed by atoms with Crippen molar-refractivity contribution >= 4 is 45.6 Å². The van der Waals surface area contributed by atoms with Crippen LogP contribution in [-0.2, 0) is 20.8 Å². The predicted octanol–water partition coefficient (Wildman–Crippen LogP) is 4.24. The highest BCUT2D eigenvalue weighted by atomic mass is 32.2. The summed E-state index contributed by atoms with van der Waals surface area (Å²) in [4.78, 5) is 28.7. The van der Waals surface area contributed by atoms with Gasteiger partial charge in [0, 0.05) is 34.7 Å². The number of carbonyl (C=O) groups is 2. The SMILES string of the molecule is N#CC1=C(N)N(c2nnc(SCc3ccccc3)s2)C2=C(C(=O)CCC2)[C@@]12C(=O)Nc1ccccc12. The minimum atomic E-state index is -1.56. The molecule has 0 saturated heterocycles. The lowest BCUT2D eigenvalue weighted by Gasteiger charge is -2.42. The summed E-state index contributed by atoms with van der Waals surface area (Å²) in [5.74, 6) is 0.253. The van der Waals surface area contributed by atoms with Gasteiger partial charge in [-0.15, -0.1) is 10.2 Å². The topological polar surface area (TPSA) is 125 Å². The molecule has 0 fully saturated rings. The summed E-state index contributed by atoms with van der Waals surface area (Å²) < 4.78 is 0.744. The maximum absolute atomic E-state index is 13.6. The third-order valence-electron chi connectivity index (χ3n) is 6.73. The molecule has 0 radical (unpaired) electrons. The predicted molar refractivity (Wildman–Crippen MR) is 138 cm³/mol. The Bertz CT molecular complexity index is 1520. The van der Waals surface area contributed by atoms with E-state index in [4.69, 9.17) is 5.73 Å². The summed E-state index contributed by atoms with van der Waals surface area (Å²) in [5.41, 5.74) is 8.38. The van der Waals surface area contributed by atoms with Gasteiger partial charge in [-0.1, -0.05) is 71.6 Å². The lowest BCUT2D eigenvalue weighted by Crippen LogP contribution is -2.50. The molecule has 1 aromatic heterocycles. The molecule has 2 aliphatic heterocycles. The number of hydrogen-bond donors (Lipinski definition) is 2. The van der Waals surface area contributed by atoms with Crippen molar-refractivity contribution in [3.8, 4) is 6.07 Å². The normalized spacial score (nSPS) is 20.9. The zero-order valence-electron chi connectivity index (χ0n) is 19.0. The lowest BCUT2D eigenvalue weighted by molar-refractivity contribution is -0.122. The summed E-state index contributed by atoms with van der Waals surface area (Å²) in [6.45, 7) is 0. The smallest absolute Gasteiger partial charge is 0.245 e. The van der Waals surface area contributed by atoms with E-state index < -0.39 is 11.3 Å². The number of rotatable bonds is 4. The Morgan fingerprint density at radius 2 is 1.89 bits per heavy atom. The number of amides is 1. The monoisotopic (exact) mass is 512 g/mol. The van der Waals surface area contributed by atoms with Gasteiger partial charge in [0.15, 0.2) is 10.1 Å². The average molecular weight is 513 g/mol. The number of nitrogens with two attached hydrogens (primary N) is 1. The number of para-hydroxylation sites is 1. The van der Waals surface area contributed by atoms with E-state index >= 15 is 0 Å². The van der Waals surface area contributed by atoms with Crippen molar-refractivity contribution in [2.75, 3.05) is 10.2 Å². The van der Waals surface area contributed by atoms with Gasteiger partial charge in [-0.3, -0.25) is 14.5 Å².